The minimum absolute atomic E-state index is 0.106. The standard InChI is InChI=1S/C22H27NO2/c1-22(2,3)19-9-5-17(6-10-19)21(24)23-14-13-18(15-23)16-7-11-20(25-4)12-8-16/h5-12,18H,13-15H2,1-4H3. The van der Waals surface area contributed by atoms with Crippen molar-refractivity contribution in [2.45, 2.75) is 38.5 Å². The maximum absolute atomic E-state index is 12.8. The van der Waals surface area contributed by atoms with Crippen molar-refractivity contribution < 1.29 is 9.53 Å². The summed E-state index contributed by atoms with van der Waals surface area (Å²) in [6.07, 6.45) is 1.01. The number of carbonyl (C=O) groups is 1. The van der Waals surface area contributed by atoms with E-state index in [0.717, 1.165) is 30.8 Å². The summed E-state index contributed by atoms with van der Waals surface area (Å²) < 4.78 is 5.22. The van der Waals surface area contributed by atoms with E-state index in [1.165, 1.54) is 11.1 Å². The van der Waals surface area contributed by atoms with Crippen molar-refractivity contribution in [1.29, 1.82) is 0 Å². The summed E-state index contributed by atoms with van der Waals surface area (Å²) >= 11 is 0. The van der Waals surface area contributed by atoms with Crippen LogP contribution in [0, 0.1) is 0 Å². The molecule has 1 fully saturated rings. The fourth-order valence-electron chi connectivity index (χ4n) is 3.39. The van der Waals surface area contributed by atoms with Gasteiger partial charge in [-0.3, -0.25) is 4.79 Å². The van der Waals surface area contributed by atoms with E-state index < -0.39 is 0 Å². The Balaban J connectivity index is 1.67. The number of likely N-dealkylation sites (tertiary alicyclic amines) is 1. The third-order valence-corrected chi connectivity index (χ3v) is 5.06. The predicted molar refractivity (Wildman–Crippen MR) is 101 cm³/mol. The molecule has 0 radical (unpaired) electrons. The average molecular weight is 337 g/mol. The van der Waals surface area contributed by atoms with Gasteiger partial charge in [0, 0.05) is 24.6 Å². The van der Waals surface area contributed by atoms with Gasteiger partial charge in [0.25, 0.3) is 5.91 Å². The van der Waals surface area contributed by atoms with Crippen LogP contribution in [0.3, 0.4) is 0 Å². The number of amides is 1. The molecule has 3 nitrogen and oxygen atoms in total. The van der Waals surface area contributed by atoms with Gasteiger partial charge in [0.15, 0.2) is 0 Å². The molecule has 0 aliphatic carbocycles. The monoisotopic (exact) mass is 337 g/mol. The van der Waals surface area contributed by atoms with Gasteiger partial charge in [0.2, 0.25) is 0 Å². The lowest BCUT2D eigenvalue weighted by Crippen LogP contribution is -2.28. The molecular formula is C22H27NO2. The Labute approximate surface area is 150 Å². The molecule has 3 heteroatoms. The average Bonchev–Trinajstić information content (AvgIpc) is 3.10. The van der Waals surface area contributed by atoms with E-state index in [2.05, 4.69) is 45.0 Å². The number of carbonyl (C=O) groups excluding carboxylic acids is 1. The molecule has 1 amide bonds. The highest BCUT2D eigenvalue weighted by molar-refractivity contribution is 5.94. The summed E-state index contributed by atoms with van der Waals surface area (Å²) in [7, 11) is 1.68. The first-order chi connectivity index (χ1) is 11.9. The molecule has 1 saturated heterocycles. The van der Waals surface area contributed by atoms with Crippen LogP contribution in [0.1, 0.15) is 54.6 Å². The number of methoxy groups -OCH3 is 1. The molecule has 25 heavy (non-hydrogen) atoms. The van der Waals surface area contributed by atoms with Crippen molar-refractivity contribution >= 4 is 5.91 Å². The minimum Gasteiger partial charge on any atom is -0.497 e. The Morgan fingerprint density at radius 2 is 1.68 bits per heavy atom. The lowest BCUT2D eigenvalue weighted by Gasteiger charge is -2.20. The molecule has 1 unspecified atom stereocenters. The number of ether oxygens (including phenoxy) is 1. The van der Waals surface area contributed by atoms with E-state index in [-0.39, 0.29) is 11.3 Å². The van der Waals surface area contributed by atoms with Crippen LogP contribution in [-0.4, -0.2) is 31.0 Å². The topological polar surface area (TPSA) is 29.5 Å². The van der Waals surface area contributed by atoms with Crippen molar-refractivity contribution in [1.82, 2.24) is 4.90 Å². The second kappa shape index (κ2) is 6.91. The molecule has 0 N–H and O–H groups in total. The molecule has 2 aromatic carbocycles. The summed E-state index contributed by atoms with van der Waals surface area (Å²) in [6.45, 7) is 8.15. The summed E-state index contributed by atoms with van der Waals surface area (Å²) in [6, 6.07) is 16.3. The van der Waals surface area contributed by atoms with Crippen LogP contribution in [0.4, 0.5) is 0 Å². The van der Waals surface area contributed by atoms with E-state index >= 15 is 0 Å². The molecule has 3 rings (SSSR count). The van der Waals surface area contributed by atoms with Crippen LogP contribution in [-0.2, 0) is 5.41 Å². The van der Waals surface area contributed by atoms with Gasteiger partial charge in [-0.25, -0.2) is 0 Å². The van der Waals surface area contributed by atoms with Crippen LogP contribution in [0.25, 0.3) is 0 Å². The summed E-state index contributed by atoms with van der Waals surface area (Å²) in [5.41, 5.74) is 3.42. The minimum atomic E-state index is 0.106. The Morgan fingerprint density at radius 1 is 1.04 bits per heavy atom. The molecule has 132 valence electrons. The zero-order chi connectivity index (χ0) is 18.0. The Hall–Kier alpha value is -2.29. The van der Waals surface area contributed by atoms with Gasteiger partial charge in [-0.1, -0.05) is 45.0 Å². The summed E-state index contributed by atoms with van der Waals surface area (Å²) in [4.78, 5) is 14.8. The van der Waals surface area contributed by atoms with Gasteiger partial charge in [-0.15, -0.1) is 0 Å². The molecule has 1 atom stereocenters. The number of nitrogens with zero attached hydrogens (tertiary/aromatic N) is 1. The van der Waals surface area contributed by atoms with Gasteiger partial charge in [0.1, 0.15) is 5.75 Å². The maximum Gasteiger partial charge on any atom is 0.253 e. The number of hydrogen-bond acceptors (Lipinski definition) is 2. The molecule has 1 aliphatic rings. The summed E-state index contributed by atoms with van der Waals surface area (Å²) in [5.74, 6) is 1.41. The number of rotatable bonds is 3. The van der Waals surface area contributed by atoms with Crippen LogP contribution >= 0.6 is 0 Å². The van der Waals surface area contributed by atoms with Gasteiger partial charge >= 0.3 is 0 Å². The quantitative estimate of drug-likeness (QED) is 0.818. The Kier molecular flexibility index (Phi) is 4.85. The second-order valence-corrected chi connectivity index (χ2v) is 7.84. The molecule has 1 heterocycles. The van der Waals surface area contributed by atoms with Crippen molar-refractivity contribution in [2.24, 2.45) is 0 Å². The van der Waals surface area contributed by atoms with Gasteiger partial charge in [-0.05, 0) is 47.2 Å². The van der Waals surface area contributed by atoms with E-state index in [4.69, 9.17) is 4.74 Å². The first-order valence-electron chi connectivity index (χ1n) is 8.92. The zero-order valence-corrected chi connectivity index (χ0v) is 15.6. The number of benzene rings is 2. The molecule has 2 aromatic rings. The van der Waals surface area contributed by atoms with Crippen LogP contribution in [0.15, 0.2) is 48.5 Å². The molecule has 0 spiro atoms. The zero-order valence-electron chi connectivity index (χ0n) is 15.6. The van der Waals surface area contributed by atoms with E-state index in [9.17, 15) is 4.79 Å². The molecule has 0 saturated carbocycles. The van der Waals surface area contributed by atoms with Gasteiger partial charge < -0.3 is 9.64 Å². The highest BCUT2D eigenvalue weighted by atomic mass is 16.5. The Morgan fingerprint density at radius 3 is 2.24 bits per heavy atom. The van der Waals surface area contributed by atoms with E-state index in [1.807, 2.05) is 29.2 Å². The first kappa shape index (κ1) is 17.5. The molecule has 0 bridgehead atoms. The predicted octanol–water partition coefficient (Wildman–Crippen LogP) is 4.62. The molecule has 1 aliphatic heterocycles. The number of hydrogen-bond donors (Lipinski definition) is 0. The highest BCUT2D eigenvalue weighted by Crippen LogP contribution is 2.30. The smallest absolute Gasteiger partial charge is 0.253 e. The largest absolute Gasteiger partial charge is 0.497 e. The van der Waals surface area contributed by atoms with Gasteiger partial charge in [0.05, 0.1) is 7.11 Å². The van der Waals surface area contributed by atoms with Crippen molar-refractivity contribution in [2.75, 3.05) is 20.2 Å². The van der Waals surface area contributed by atoms with Gasteiger partial charge in [-0.2, -0.15) is 0 Å². The lowest BCUT2D eigenvalue weighted by atomic mass is 9.86. The fraction of sp³-hybridized carbons (Fsp3) is 0.409. The van der Waals surface area contributed by atoms with Crippen molar-refractivity contribution in [3.8, 4) is 5.75 Å². The van der Waals surface area contributed by atoms with E-state index in [1.54, 1.807) is 7.11 Å². The third kappa shape index (κ3) is 3.87. The second-order valence-electron chi connectivity index (χ2n) is 7.84. The third-order valence-electron chi connectivity index (χ3n) is 5.06. The lowest BCUT2D eigenvalue weighted by molar-refractivity contribution is 0.0790. The SMILES string of the molecule is COc1ccc(C2CCN(C(=O)c3ccc(C(C)(C)C)cc3)C2)cc1. The van der Waals surface area contributed by atoms with Crippen LogP contribution in [0.5, 0.6) is 5.75 Å². The summed E-state index contributed by atoms with van der Waals surface area (Å²) in [5, 5.41) is 0. The first-order valence-corrected chi connectivity index (χ1v) is 8.92. The maximum atomic E-state index is 12.8. The highest BCUT2D eigenvalue weighted by Gasteiger charge is 2.28. The molecule has 0 aromatic heterocycles. The van der Waals surface area contributed by atoms with E-state index in [0.29, 0.717) is 5.92 Å². The van der Waals surface area contributed by atoms with Crippen LogP contribution < -0.4 is 4.74 Å². The fourth-order valence-corrected chi connectivity index (χ4v) is 3.39. The van der Waals surface area contributed by atoms with Crippen LogP contribution in [0.2, 0.25) is 0 Å². The normalized spacial score (nSPS) is 17.6. The van der Waals surface area contributed by atoms with Crippen molar-refractivity contribution in [3.63, 3.8) is 0 Å². The Bertz CT molecular complexity index is 726. The van der Waals surface area contributed by atoms with Crippen molar-refractivity contribution in [3.05, 3.63) is 65.2 Å². The molecular weight excluding hydrogens is 310 g/mol.